The smallest absolute Gasteiger partial charge is 0.236 e. The molecule has 0 unspecified atom stereocenters. The third-order valence-corrected chi connectivity index (χ3v) is 3.07. The molecular formula is C10H15N5OS. The first-order valence-electron chi connectivity index (χ1n) is 5.63. The summed E-state index contributed by atoms with van der Waals surface area (Å²) in [4.78, 5) is 12.1. The van der Waals surface area contributed by atoms with Crippen LogP contribution in [0.1, 0.15) is 45.4 Å². The molecule has 1 amide bonds. The molecule has 0 saturated carbocycles. The Morgan fingerprint density at radius 3 is 2.88 bits per heavy atom. The Morgan fingerprint density at radius 2 is 2.24 bits per heavy atom. The van der Waals surface area contributed by atoms with Gasteiger partial charge in [-0.05, 0) is 6.42 Å². The molecule has 2 aromatic heterocycles. The van der Waals surface area contributed by atoms with Crippen LogP contribution < -0.4 is 5.32 Å². The van der Waals surface area contributed by atoms with Gasteiger partial charge >= 0.3 is 0 Å². The van der Waals surface area contributed by atoms with Gasteiger partial charge in [0.1, 0.15) is 0 Å². The molecule has 92 valence electrons. The molecule has 2 heterocycles. The second-order valence-electron chi connectivity index (χ2n) is 4.11. The van der Waals surface area contributed by atoms with E-state index in [1.165, 1.54) is 11.3 Å². The third kappa shape index (κ3) is 2.44. The average molecular weight is 253 g/mol. The predicted octanol–water partition coefficient (Wildman–Crippen LogP) is 2.05. The van der Waals surface area contributed by atoms with Gasteiger partial charge in [0, 0.05) is 12.3 Å². The van der Waals surface area contributed by atoms with E-state index in [-0.39, 0.29) is 11.8 Å². The average Bonchev–Trinajstić information content (AvgIpc) is 2.76. The maximum atomic E-state index is 11.4. The summed E-state index contributed by atoms with van der Waals surface area (Å²) in [5, 5.41) is 15.7. The highest BCUT2D eigenvalue weighted by atomic mass is 32.1. The van der Waals surface area contributed by atoms with Gasteiger partial charge in [-0.15, -0.1) is 15.3 Å². The zero-order chi connectivity index (χ0) is 12.4. The summed E-state index contributed by atoms with van der Waals surface area (Å²) < 4.78 is 1.69. The minimum absolute atomic E-state index is 0.0106. The van der Waals surface area contributed by atoms with Gasteiger partial charge in [-0.1, -0.05) is 32.1 Å². The van der Waals surface area contributed by atoms with Gasteiger partial charge in [-0.2, -0.15) is 4.52 Å². The van der Waals surface area contributed by atoms with Gasteiger partial charge in [0.15, 0.2) is 5.82 Å². The Hall–Kier alpha value is -1.50. The molecule has 0 aliphatic carbocycles. The van der Waals surface area contributed by atoms with Gasteiger partial charge in [-0.3, -0.25) is 4.79 Å². The fraction of sp³-hybridized carbons (Fsp3) is 0.600. The number of hydrogen-bond acceptors (Lipinski definition) is 5. The normalized spacial score (nSPS) is 11.3. The van der Waals surface area contributed by atoms with Crippen molar-refractivity contribution in [1.29, 1.82) is 0 Å². The Labute approximate surface area is 103 Å². The van der Waals surface area contributed by atoms with Crippen LogP contribution in [0.5, 0.6) is 0 Å². The van der Waals surface area contributed by atoms with Crippen molar-refractivity contribution in [1.82, 2.24) is 19.8 Å². The van der Waals surface area contributed by atoms with E-state index in [0.717, 1.165) is 12.2 Å². The molecule has 0 spiro atoms. The van der Waals surface area contributed by atoms with Gasteiger partial charge < -0.3 is 5.32 Å². The van der Waals surface area contributed by atoms with E-state index < -0.39 is 0 Å². The van der Waals surface area contributed by atoms with E-state index in [4.69, 9.17) is 0 Å². The first kappa shape index (κ1) is 12.0. The summed E-state index contributed by atoms with van der Waals surface area (Å²) in [6.07, 6.45) is 1.34. The number of nitrogens with zero attached hydrogens (tertiary/aromatic N) is 4. The molecule has 2 rings (SSSR count). The lowest BCUT2D eigenvalue weighted by Gasteiger charge is -1.99. The monoisotopic (exact) mass is 253 g/mol. The highest BCUT2D eigenvalue weighted by Crippen LogP contribution is 2.21. The summed E-state index contributed by atoms with van der Waals surface area (Å²) in [5.74, 6) is 1.06. The zero-order valence-corrected chi connectivity index (χ0v) is 10.9. The van der Waals surface area contributed by atoms with E-state index in [1.807, 2.05) is 20.8 Å². The fourth-order valence-electron chi connectivity index (χ4n) is 1.45. The third-order valence-electron chi connectivity index (χ3n) is 2.25. The van der Waals surface area contributed by atoms with Gasteiger partial charge in [0.05, 0.1) is 0 Å². The van der Waals surface area contributed by atoms with Crippen molar-refractivity contribution in [3.05, 3.63) is 5.82 Å². The molecule has 6 nitrogen and oxygen atoms in total. The van der Waals surface area contributed by atoms with Crippen molar-refractivity contribution in [2.24, 2.45) is 0 Å². The molecular weight excluding hydrogens is 238 g/mol. The Balaban J connectivity index is 2.23. The molecule has 0 saturated heterocycles. The molecule has 0 aromatic carbocycles. The minimum Gasteiger partial charge on any atom is -0.301 e. The topological polar surface area (TPSA) is 72.2 Å². The summed E-state index contributed by atoms with van der Waals surface area (Å²) in [6.45, 7) is 6.03. The van der Waals surface area contributed by atoms with Crippen molar-refractivity contribution in [3.63, 3.8) is 0 Å². The predicted molar refractivity (Wildman–Crippen MR) is 66.3 cm³/mol. The van der Waals surface area contributed by atoms with Crippen LogP contribution in [0.4, 0.5) is 5.13 Å². The van der Waals surface area contributed by atoms with Crippen LogP contribution in [0.15, 0.2) is 0 Å². The largest absolute Gasteiger partial charge is 0.301 e. The molecule has 0 atom stereocenters. The molecule has 0 fully saturated rings. The lowest BCUT2D eigenvalue weighted by molar-refractivity contribution is -0.116. The number of fused-ring (bicyclic) bond motifs is 1. The van der Waals surface area contributed by atoms with E-state index in [0.29, 0.717) is 16.5 Å². The Morgan fingerprint density at radius 1 is 1.47 bits per heavy atom. The van der Waals surface area contributed by atoms with E-state index in [1.54, 1.807) is 4.52 Å². The van der Waals surface area contributed by atoms with Crippen LogP contribution in [-0.4, -0.2) is 25.7 Å². The quantitative estimate of drug-likeness (QED) is 0.905. The summed E-state index contributed by atoms with van der Waals surface area (Å²) in [6, 6.07) is 0. The van der Waals surface area contributed by atoms with Gasteiger partial charge in [0.25, 0.3) is 0 Å². The molecule has 0 radical (unpaired) electrons. The van der Waals surface area contributed by atoms with E-state index in [2.05, 4.69) is 20.6 Å². The zero-order valence-electron chi connectivity index (χ0n) is 10.1. The van der Waals surface area contributed by atoms with Crippen LogP contribution >= 0.6 is 11.3 Å². The van der Waals surface area contributed by atoms with E-state index >= 15 is 0 Å². The summed E-state index contributed by atoms with van der Waals surface area (Å²) in [5.41, 5.74) is 0. The van der Waals surface area contributed by atoms with Crippen molar-refractivity contribution in [2.75, 3.05) is 5.32 Å². The SMILES string of the molecule is CCCC(=O)Nc1nn2c(C(C)C)nnc2s1. The van der Waals surface area contributed by atoms with Crippen LogP contribution in [0, 0.1) is 0 Å². The summed E-state index contributed by atoms with van der Waals surface area (Å²) in [7, 11) is 0. The van der Waals surface area contributed by atoms with Crippen LogP contribution in [0.25, 0.3) is 4.96 Å². The van der Waals surface area contributed by atoms with Crippen molar-refractivity contribution in [2.45, 2.75) is 39.5 Å². The van der Waals surface area contributed by atoms with Crippen LogP contribution in [-0.2, 0) is 4.79 Å². The van der Waals surface area contributed by atoms with Gasteiger partial charge in [-0.25, -0.2) is 0 Å². The van der Waals surface area contributed by atoms with Gasteiger partial charge in [0.2, 0.25) is 16.0 Å². The first-order valence-corrected chi connectivity index (χ1v) is 6.45. The fourth-order valence-corrected chi connectivity index (χ4v) is 2.21. The number of nitrogens with one attached hydrogen (secondary N) is 1. The maximum Gasteiger partial charge on any atom is 0.236 e. The molecule has 2 aromatic rings. The number of carbonyl (C=O) groups excluding carboxylic acids is 1. The van der Waals surface area contributed by atoms with Crippen LogP contribution in [0.3, 0.4) is 0 Å². The van der Waals surface area contributed by atoms with Crippen molar-refractivity contribution >= 4 is 27.3 Å². The number of amides is 1. The second-order valence-corrected chi connectivity index (χ2v) is 5.07. The minimum atomic E-state index is -0.0106. The molecule has 0 bridgehead atoms. The first-order chi connectivity index (χ1) is 8.11. The molecule has 0 aliphatic rings. The molecule has 17 heavy (non-hydrogen) atoms. The molecule has 7 heteroatoms. The Kier molecular flexibility index (Phi) is 3.37. The second kappa shape index (κ2) is 4.79. The van der Waals surface area contributed by atoms with Crippen molar-refractivity contribution in [3.8, 4) is 0 Å². The standard InChI is InChI=1S/C10H15N5OS/c1-4-5-7(16)11-9-14-15-8(6(2)3)12-13-10(15)17-9/h6H,4-5H2,1-3H3,(H,11,14,16). The molecule has 1 N–H and O–H groups in total. The lowest BCUT2D eigenvalue weighted by atomic mass is 10.2. The maximum absolute atomic E-state index is 11.4. The lowest BCUT2D eigenvalue weighted by Crippen LogP contribution is -2.10. The number of hydrogen-bond donors (Lipinski definition) is 1. The number of rotatable bonds is 4. The summed E-state index contributed by atoms with van der Waals surface area (Å²) >= 11 is 1.34. The van der Waals surface area contributed by atoms with E-state index in [9.17, 15) is 4.79 Å². The highest BCUT2D eigenvalue weighted by molar-refractivity contribution is 7.20. The highest BCUT2D eigenvalue weighted by Gasteiger charge is 2.14. The number of anilines is 1. The van der Waals surface area contributed by atoms with Crippen molar-refractivity contribution < 1.29 is 4.79 Å². The molecule has 0 aliphatic heterocycles. The van der Waals surface area contributed by atoms with Crippen LogP contribution in [0.2, 0.25) is 0 Å². The Bertz CT molecular complexity index is 530. The number of aromatic nitrogens is 4. The number of carbonyl (C=O) groups is 1.